The molecule has 1 amide bonds. The summed E-state index contributed by atoms with van der Waals surface area (Å²) in [4.78, 5) is 24.4. The predicted octanol–water partition coefficient (Wildman–Crippen LogP) is 2.85. The maximum atomic E-state index is 14.6. The van der Waals surface area contributed by atoms with Crippen LogP contribution in [0.25, 0.3) is 0 Å². The van der Waals surface area contributed by atoms with Gasteiger partial charge in [-0.25, -0.2) is 14.0 Å². The zero-order chi connectivity index (χ0) is 15.7. The lowest BCUT2D eigenvalue weighted by molar-refractivity contribution is -0.137. The summed E-state index contributed by atoms with van der Waals surface area (Å²) in [7, 11) is 0. The molecule has 1 atom stereocenters. The van der Waals surface area contributed by atoms with E-state index in [-0.39, 0.29) is 19.6 Å². The fourth-order valence-corrected chi connectivity index (χ4v) is 2.13. The smallest absolute Gasteiger partial charge is 0.409 e. The van der Waals surface area contributed by atoms with E-state index in [1.807, 2.05) is 6.92 Å². The molecule has 5 nitrogen and oxygen atoms in total. The zero-order valence-corrected chi connectivity index (χ0v) is 12.8. The van der Waals surface area contributed by atoms with Gasteiger partial charge in [0.1, 0.15) is 5.67 Å². The molecule has 0 bridgehead atoms. The number of hydrogen-bond acceptors (Lipinski definition) is 4. The van der Waals surface area contributed by atoms with Crippen LogP contribution in [0.2, 0.25) is 0 Å². The highest BCUT2D eigenvalue weighted by Gasteiger charge is 2.35. The van der Waals surface area contributed by atoms with Crippen molar-refractivity contribution in [3.8, 4) is 0 Å². The number of esters is 1. The Kier molecular flexibility index (Phi) is 7.19. The molecule has 1 aliphatic heterocycles. The molecule has 1 saturated heterocycles. The first-order valence-corrected chi connectivity index (χ1v) is 7.47. The Bertz CT molecular complexity index is 386. The lowest BCUT2D eigenvalue weighted by Gasteiger charge is -2.34. The summed E-state index contributed by atoms with van der Waals surface area (Å²) < 4.78 is 24.4. The number of piperidine rings is 1. The first-order valence-electron chi connectivity index (χ1n) is 7.47. The van der Waals surface area contributed by atoms with E-state index in [1.165, 1.54) is 11.0 Å². The van der Waals surface area contributed by atoms with Crippen molar-refractivity contribution < 1.29 is 23.5 Å². The molecular formula is C15H24FNO4. The van der Waals surface area contributed by atoms with Crippen molar-refractivity contribution in [1.82, 2.24) is 4.90 Å². The van der Waals surface area contributed by atoms with E-state index >= 15 is 0 Å². The number of amides is 1. The van der Waals surface area contributed by atoms with Crippen LogP contribution in [0.3, 0.4) is 0 Å². The number of nitrogens with zero attached hydrogens (tertiary/aromatic N) is 1. The van der Waals surface area contributed by atoms with Crippen molar-refractivity contribution in [3.63, 3.8) is 0 Å². The standard InChI is InChI=1S/C15H24FNO4/c1-3-5-11-21-14(19)17-10-6-8-15(16,12-17)9-7-13(18)20-4-2/h7,9H,3-6,8,10-12H2,1-2H3/b9-7+. The van der Waals surface area contributed by atoms with E-state index in [9.17, 15) is 14.0 Å². The first kappa shape index (κ1) is 17.5. The second-order valence-electron chi connectivity index (χ2n) is 5.11. The molecule has 1 rings (SSSR count). The summed E-state index contributed by atoms with van der Waals surface area (Å²) in [5, 5.41) is 0. The average molecular weight is 301 g/mol. The molecule has 1 aliphatic rings. The molecule has 120 valence electrons. The fraction of sp³-hybridized carbons (Fsp3) is 0.733. The van der Waals surface area contributed by atoms with Gasteiger partial charge in [-0.2, -0.15) is 0 Å². The monoisotopic (exact) mass is 301 g/mol. The third-order valence-corrected chi connectivity index (χ3v) is 3.26. The maximum absolute atomic E-state index is 14.6. The lowest BCUT2D eigenvalue weighted by atomic mass is 9.94. The molecule has 0 N–H and O–H groups in total. The van der Waals surface area contributed by atoms with Gasteiger partial charge in [-0.1, -0.05) is 13.3 Å². The zero-order valence-electron chi connectivity index (χ0n) is 12.8. The third-order valence-electron chi connectivity index (χ3n) is 3.26. The summed E-state index contributed by atoms with van der Waals surface area (Å²) in [5.74, 6) is -0.572. The molecule has 1 heterocycles. The number of likely N-dealkylation sites (tertiary alicyclic amines) is 1. The van der Waals surface area contributed by atoms with Crippen LogP contribution < -0.4 is 0 Å². The van der Waals surface area contributed by atoms with E-state index in [1.54, 1.807) is 6.92 Å². The normalized spacial score (nSPS) is 22.3. The van der Waals surface area contributed by atoms with Gasteiger partial charge in [0.05, 0.1) is 19.8 Å². The van der Waals surface area contributed by atoms with Crippen molar-refractivity contribution >= 4 is 12.1 Å². The van der Waals surface area contributed by atoms with Gasteiger partial charge in [-0.15, -0.1) is 0 Å². The van der Waals surface area contributed by atoms with Gasteiger partial charge >= 0.3 is 12.1 Å². The van der Waals surface area contributed by atoms with E-state index in [4.69, 9.17) is 9.47 Å². The number of hydrogen-bond donors (Lipinski definition) is 0. The van der Waals surface area contributed by atoms with Crippen LogP contribution in [-0.4, -0.2) is 48.9 Å². The fourth-order valence-electron chi connectivity index (χ4n) is 2.13. The second-order valence-corrected chi connectivity index (χ2v) is 5.11. The lowest BCUT2D eigenvalue weighted by Crippen LogP contribution is -2.47. The van der Waals surface area contributed by atoms with Crippen LogP contribution >= 0.6 is 0 Å². The number of ether oxygens (including phenoxy) is 2. The summed E-state index contributed by atoms with van der Waals surface area (Å²) in [6.45, 7) is 4.67. The molecule has 0 aromatic heterocycles. The molecular weight excluding hydrogens is 277 g/mol. The van der Waals surface area contributed by atoms with Crippen LogP contribution in [0.4, 0.5) is 9.18 Å². The molecule has 0 aromatic carbocycles. The van der Waals surface area contributed by atoms with E-state index in [0.29, 0.717) is 19.6 Å². The van der Waals surface area contributed by atoms with Crippen molar-refractivity contribution in [1.29, 1.82) is 0 Å². The van der Waals surface area contributed by atoms with E-state index in [0.717, 1.165) is 18.9 Å². The van der Waals surface area contributed by atoms with Gasteiger partial charge in [0.2, 0.25) is 0 Å². The number of rotatable bonds is 6. The number of carbonyl (C=O) groups is 2. The average Bonchev–Trinajstić information content (AvgIpc) is 2.46. The maximum Gasteiger partial charge on any atom is 0.409 e. The van der Waals surface area contributed by atoms with Crippen LogP contribution in [0, 0.1) is 0 Å². The van der Waals surface area contributed by atoms with Gasteiger partial charge in [0.25, 0.3) is 0 Å². The summed E-state index contributed by atoms with van der Waals surface area (Å²) in [5.41, 5.74) is -1.70. The largest absolute Gasteiger partial charge is 0.463 e. The Morgan fingerprint density at radius 1 is 1.33 bits per heavy atom. The molecule has 0 saturated carbocycles. The molecule has 1 fully saturated rings. The van der Waals surface area contributed by atoms with Crippen LogP contribution in [0.5, 0.6) is 0 Å². The van der Waals surface area contributed by atoms with E-state index in [2.05, 4.69) is 0 Å². The van der Waals surface area contributed by atoms with Crippen molar-refractivity contribution in [2.24, 2.45) is 0 Å². The first-order chi connectivity index (χ1) is 10.0. The SMILES string of the molecule is CCCCOC(=O)N1CCCC(F)(/C=C/C(=O)OCC)C1. The quantitative estimate of drug-likeness (QED) is 0.430. The Balaban J connectivity index is 2.53. The minimum atomic E-state index is -1.70. The van der Waals surface area contributed by atoms with Crippen molar-refractivity contribution in [2.45, 2.75) is 45.2 Å². The molecule has 0 aromatic rings. The molecule has 0 radical (unpaired) electrons. The Hall–Kier alpha value is -1.59. The second kappa shape index (κ2) is 8.64. The van der Waals surface area contributed by atoms with Gasteiger partial charge in [-0.05, 0) is 32.3 Å². The summed E-state index contributed by atoms with van der Waals surface area (Å²) in [6, 6.07) is 0. The Labute approximate surface area is 125 Å². The number of unbranched alkanes of at least 4 members (excludes halogenated alkanes) is 1. The highest BCUT2D eigenvalue weighted by molar-refractivity contribution is 5.82. The predicted molar refractivity (Wildman–Crippen MR) is 76.7 cm³/mol. The van der Waals surface area contributed by atoms with Gasteiger partial charge < -0.3 is 14.4 Å². The Morgan fingerprint density at radius 3 is 2.76 bits per heavy atom. The summed E-state index contributed by atoms with van der Waals surface area (Å²) in [6.07, 6.45) is 4.33. The van der Waals surface area contributed by atoms with Crippen molar-refractivity contribution in [2.75, 3.05) is 26.3 Å². The molecule has 1 unspecified atom stereocenters. The molecule has 0 aliphatic carbocycles. The van der Waals surface area contributed by atoms with Gasteiger partial charge in [0, 0.05) is 12.6 Å². The number of halogens is 1. The Morgan fingerprint density at radius 2 is 2.10 bits per heavy atom. The topological polar surface area (TPSA) is 55.8 Å². The molecule has 0 spiro atoms. The van der Waals surface area contributed by atoms with Gasteiger partial charge in [0.15, 0.2) is 0 Å². The number of carbonyl (C=O) groups excluding carboxylic acids is 2. The molecule has 6 heteroatoms. The highest BCUT2D eigenvalue weighted by Crippen LogP contribution is 2.27. The number of alkyl halides is 1. The molecule has 21 heavy (non-hydrogen) atoms. The third kappa shape index (κ3) is 6.14. The minimum Gasteiger partial charge on any atom is -0.463 e. The van der Waals surface area contributed by atoms with E-state index < -0.39 is 17.7 Å². The van der Waals surface area contributed by atoms with Crippen LogP contribution in [-0.2, 0) is 14.3 Å². The van der Waals surface area contributed by atoms with Crippen LogP contribution in [0.1, 0.15) is 39.5 Å². The van der Waals surface area contributed by atoms with Gasteiger partial charge in [-0.3, -0.25) is 0 Å². The minimum absolute atomic E-state index is 0.0894. The van der Waals surface area contributed by atoms with Crippen molar-refractivity contribution in [3.05, 3.63) is 12.2 Å². The highest BCUT2D eigenvalue weighted by atomic mass is 19.1. The summed E-state index contributed by atoms with van der Waals surface area (Å²) >= 11 is 0. The van der Waals surface area contributed by atoms with Crippen LogP contribution in [0.15, 0.2) is 12.2 Å².